The molecule has 1 saturated heterocycles. The van der Waals surface area contributed by atoms with Gasteiger partial charge in [-0.3, -0.25) is 0 Å². The molecule has 0 unspecified atom stereocenters. The van der Waals surface area contributed by atoms with Crippen molar-refractivity contribution >= 4 is 23.2 Å². The molecule has 1 aliphatic heterocycles. The topological polar surface area (TPSA) is 15.3 Å². The Morgan fingerprint density at radius 1 is 1.21 bits per heavy atom. The van der Waals surface area contributed by atoms with Gasteiger partial charge in [0.15, 0.2) is 0 Å². The molecule has 1 aromatic rings. The van der Waals surface area contributed by atoms with Gasteiger partial charge in [-0.2, -0.15) is 0 Å². The summed E-state index contributed by atoms with van der Waals surface area (Å²) in [6.45, 7) is 4.44. The number of hydrogen-bond acceptors (Lipinski definition) is 2. The number of halogens is 2. The molecule has 0 saturated carbocycles. The molecule has 19 heavy (non-hydrogen) atoms. The Balaban J connectivity index is 1.65. The van der Waals surface area contributed by atoms with Crippen molar-refractivity contribution in [2.24, 2.45) is 5.92 Å². The summed E-state index contributed by atoms with van der Waals surface area (Å²) in [6.07, 6.45) is 3.95. The minimum Gasteiger partial charge on any atom is -0.313 e. The molecule has 0 aromatic heterocycles. The lowest BCUT2D eigenvalue weighted by Crippen LogP contribution is -2.31. The minimum absolute atomic E-state index is 0.622. The van der Waals surface area contributed by atoms with Crippen molar-refractivity contribution in [2.45, 2.75) is 25.8 Å². The quantitative estimate of drug-likeness (QED) is 0.832. The molecule has 0 amide bonds. The zero-order valence-electron chi connectivity index (χ0n) is 11.5. The van der Waals surface area contributed by atoms with Crippen LogP contribution in [0.4, 0.5) is 0 Å². The molecule has 0 aliphatic carbocycles. The highest BCUT2D eigenvalue weighted by molar-refractivity contribution is 6.42. The van der Waals surface area contributed by atoms with Crippen LogP contribution in [0, 0.1) is 5.92 Å². The fraction of sp³-hybridized carbons (Fsp3) is 0.600. The third-order valence-electron chi connectivity index (χ3n) is 3.88. The summed E-state index contributed by atoms with van der Waals surface area (Å²) in [6, 6.07) is 5.82. The molecule has 1 N–H and O–H groups in total. The fourth-order valence-electron chi connectivity index (χ4n) is 2.54. The van der Waals surface area contributed by atoms with Crippen LogP contribution < -0.4 is 5.32 Å². The predicted octanol–water partition coefficient (Wildman–Crippen LogP) is 3.81. The van der Waals surface area contributed by atoms with Crippen LogP contribution in [0.2, 0.25) is 10.0 Å². The van der Waals surface area contributed by atoms with Gasteiger partial charge in [0.05, 0.1) is 10.0 Å². The van der Waals surface area contributed by atoms with Gasteiger partial charge in [-0.1, -0.05) is 29.3 Å². The van der Waals surface area contributed by atoms with E-state index in [0.717, 1.165) is 19.0 Å². The van der Waals surface area contributed by atoms with Crippen LogP contribution >= 0.6 is 23.2 Å². The van der Waals surface area contributed by atoms with Crippen molar-refractivity contribution in [3.8, 4) is 0 Å². The number of piperidine rings is 1. The third-order valence-corrected chi connectivity index (χ3v) is 4.62. The lowest BCUT2D eigenvalue weighted by atomic mass is 9.94. The Labute approximate surface area is 126 Å². The van der Waals surface area contributed by atoms with Crippen LogP contribution in [0.3, 0.4) is 0 Å². The molecule has 1 aliphatic rings. The molecule has 1 heterocycles. The average molecular weight is 301 g/mol. The lowest BCUT2D eigenvalue weighted by molar-refractivity contribution is 0.211. The van der Waals surface area contributed by atoms with Crippen molar-refractivity contribution in [1.82, 2.24) is 10.2 Å². The SMILES string of the molecule is CN1CCC(CCNCc2ccc(Cl)c(Cl)c2)CC1. The van der Waals surface area contributed by atoms with Gasteiger partial charge in [-0.05, 0) is 69.6 Å². The second kappa shape index (κ2) is 7.49. The molecule has 1 aromatic carbocycles. The van der Waals surface area contributed by atoms with Crippen molar-refractivity contribution in [2.75, 3.05) is 26.7 Å². The Kier molecular flexibility index (Phi) is 5.96. The van der Waals surface area contributed by atoms with E-state index in [1.54, 1.807) is 0 Å². The van der Waals surface area contributed by atoms with Gasteiger partial charge in [0.1, 0.15) is 0 Å². The van der Waals surface area contributed by atoms with Crippen LogP contribution in [-0.2, 0) is 6.54 Å². The van der Waals surface area contributed by atoms with E-state index >= 15 is 0 Å². The van der Waals surface area contributed by atoms with E-state index in [0.29, 0.717) is 10.0 Å². The molecule has 0 atom stereocenters. The van der Waals surface area contributed by atoms with Crippen molar-refractivity contribution in [3.05, 3.63) is 33.8 Å². The molecule has 2 nitrogen and oxygen atoms in total. The monoisotopic (exact) mass is 300 g/mol. The highest BCUT2D eigenvalue weighted by Crippen LogP contribution is 2.22. The second-order valence-electron chi connectivity index (χ2n) is 5.46. The number of benzene rings is 1. The first kappa shape index (κ1) is 15.1. The predicted molar refractivity (Wildman–Crippen MR) is 83.0 cm³/mol. The summed E-state index contributed by atoms with van der Waals surface area (Å²) in [5.74, 6) is 0.887. The van der Waals surface area contributed by atoms with Crippen LogP contribution in [0.15, 0.2) is 18.2 Å². The van der Waals surface area contributed by atoms with Gasteiger partial charge >= 0.3 is 0 Å². The highest BCUT2D eigenvalue weighted by Gasteiger charge is 2.15. The van der Waals surface area contributed by atoms with E-state index in [9.17, 15) is 0 Å². The number of nitrogens with zero attached hydrogens (tertiary/aromatic N) is 1. The van der Waals surface area contributed by atoms with Crippen LogP contribution in [0.5, 0.6) is 0 Å². The van der Waals surface area contributed by atoms with E-state index in [1.807, 2.05) is 18.2 Å². The van der Waals surface area contributed by atoms with Gasteiger partial charge in [-0.15, -0.1) is 0 Å². The van der Waals surface area contributed by atoms with Crippen molar-refractivity contribution in [1.29, 1.82) is 0 Å². The Hall–Kier alpha value is -0.280. The van der Waals surface area contributed by atoms with E-state index < -0.39 is 0 Å². The summed E-state index contributed by atoms with van der Waals surface area (Å²) < 4.78 is 0. The normalized spacial score (nSPS) is 17.8. The van der Waals surface area contributed by atoms with Gasteiger partial charge in [0, 0.05) is 6.54 Å². The molecule has 106 valence electrons. The second-order valence-corrected chi connectivity index (χ2v) is 6.27. The number of rotatable bonds is 5. The minimum atomic E-state index is 0.622. The largest absolute Gasteiger partial charge is 0.313 e. The van der Waals surface area contributed by atoms with E-state index in [1.165, 1.54) is 37.9 Å². The van der Waals surface area contributed by atoms with Gasteiger partial charge in [0.2, 0.25) is 0 Å². The molecule has 1 fully saturated rings. The first-order chi connectivity index (χ1) is 9.15. The fourth-order valence-corrected chi connectivity index (χ4v) is 2.86. The van der Waals surface area contributed by atoms with Crippen molar-refractivity contribution in [3.63, 3.8) is 0 Å². The summed E-state index contributed by atoms with van der Waals surface area (Å²) in [5.41, 5.74) is 1.19. The van der Waals surface area contributed by atoms with Crippen LogP contribution in [-0.4, -0.2) is 31.6 Å². The molecular weight excluding hydrogens is 279 g/mol. The molecule has 4 heteroatoms. The summed E-state index contributed by atoms with van der Waals surface area (Å²) in [7, 11) is 2.21. The van der Waals surface area contributed by atoms with Gasteiger partial charge < -0.3 is 10.2 Å². The first-order valence-electron chi connectivity index (χ1n) is 6.98. The van der Waals surface area contributed by atoms with Crippen LogP contribution in [0.25, 0.3) is 0 Å². The Bertz CT molecular complexity index is 401. The van der Waals surface area contributed by atoms with E-state index in [-0.39, 0.29) is 0 Å². The molecule has 2 rings (SSSR count). The van der Waals surface area contributed by atoms with Gasteiger partial charge in [0.25, 0.3) is 0 Å². The number of hydrogen-bond donors (Lipinski definition) is 1. The van der Waals surface area contributed by atoms with Crippen molar-refractivity contribution < 1.29 is 0 Å². The zero-order valence-corrected chi connectivity index (χ0v) is 13.0. The highest BCUT2D eigenvalue weighted by atomic mass is 35.5. The third kappa shape index (κ3) is 4.96. The van der Waals surface area contributed by atoms with Gasteiger partial charge in [-0.25, -0.2) is 0 Å². The molecular formula is C15H22Cl2N2. The number of likely N-dealkylation sites (tertiary alicyclic amines) is 1. The summed E-state index contributed by atoms with van der Waals surface area (Å²) >= 11 is 11.9. The summed E-state index contributed by atoms with van der Waals surface area (Å²) in [4.78, 5) is 2.42. The molecule has 0 radical (unpaired) electrons. The maximum atomic E-state index is 6.00. The Morgan fingerprint density at radius 2 is 1.95 bits per heavy atom. The smallest absolute Gasteiger partial charge is 0.0595 e. The number of nitrogens with one attached hydrogen (secondary N) is 1. The first-order valence-corrected chi connectivity index (χ1v) is 7.74. The van der Waals surface area contributed by atoms with Crippen LogP contribution in [0.1, 0.15) is 24.8 Å². The maximum Gasteiger partial charge on any atom is 0.0595 e. The Morgan fingerprint density at radius 3 is 2.63 bits per heavy atom. The average Bonchev–Trinajstić information content (AvgIpc) is 2.41. The maximum absolute atomic E-state index is 6.00. The molecule has 0 spiro atoms. The standard InChI is InChI=1S/C15H22Cl2N2/c1-19-8-5-12(6-9-19)4-7-18-11-13-2-3-14(16)15(17)10-13/h2-3,10,12,18H,4-9,11H2,1H3. The van der Waals surface area contributed by atoms with E-state index in [2.05, 4.69) is 17.3 Å². The summed E-state index contributed by atoms with van der Waals surface area (Å²) in [5, 5.41) is 4.75. The molecule has 0 bridgehead atoms. The lowest BCUT2D eigenvalue weighted by Gasteiger charge is -2.28. The zero-order chi connectivity index (χ0) is 13.7. The van der Waals surface area contributed by atoms with E-state index in [4.69, 9.17) is 23.2 Å².